The predicted octanol–water partition coefficient (Wildman–Crippen LogP) is 6.31. The molecule has 0 bridgehead atoms. The quantitative estimate of drug-likeness (QED) is 0.274. The van der Waals surface area contributed by atoms with Crippen LogP contribution in [-0.4, -0.2) is 19.7 Å². The molecule has 0 unspecified atom stereocenters. The number of H-pyrrole nitrogens is 1. The second-order valence-electron chi connectivity index (χ2n) is 10.6. The minimum atomic E-state index is -0.198. The summed E-state index contributed by atoms with van der Waals surface area (Å²) in [7, 11) is 0. The van der Waals surface area contributed by atoms with Gasteiger partial charge < -0.3 is 10.7 Å². The summed E-state index contributed by atoms with van der Waals surface area (Å²) in [5.41, 5.74) is 14.7. The number of fused-ring (bicyclic) bond motifs is 4. The maximum atomic E-state index is 6.63. The third-order valence-electron chi connectivity index (χ3n) is 8.20. The Morgan fingerprint density at radius 2 is 1.64 bits per heavy atom. The molecule has 1 aliphatic carbocycles. The van der Waals surface area contributed by atoms with Crippen LogP contribution in [0.3, 0.4) is 0 Å². The molecule has 0 amide bonds. The van der Waals surface area contributed by atoms with E-state index in [1.54, 1.807) is 0 Å². The summed E-state index contributed by atoms with van der Waals surface area (Å²) in [4.78, 5) is 8.42. The fourth-order valence-corrected chi connectivity index (χ4v) is 5.84. The number of para-hydroxylation sites is 1. The number of benzene rings is 3. The second-order valence-corrected chi connectivity index (χ2v) is 10.6. The first kappa shape index (κ1) is 22.2. The van der Waals surface area contributed by atoms with Crippen molar-refractivity contribution in [2.24, 2.45) is 5.73 Å². The average molecular weight is 508 g/mol. The summed E-state index contributed by atoms with van der Waals surface area (Å²) in [5, 5.41) is 7.38. The number of nitrogens with two attached hydrogens (primary N) is 1. The lowest BCUT2D eigenvalue weighted by molar-refractivity contribution is -0.498. The first-order valence-corrected chi connectivity index (χ1v) is 13.4. The van der Waals surface area contributed by atoms with Crippen molar-refractivity contribution < 1.29 is 4.40 Å². The van der Waals surface area contributed by atoms with E-state index >= 15 is 0 Å². The molecule has 0 aliphatic heterocycles. The first-order valence-electron chi connectivity index (χ1n) is 13.4. The number of pyridine rings is 2. The summed E-state index contributed by atoms with van der Waals surface area (Å²) in [5.74, 6) is 0.839. The third-order valence-corrected chi connectivity index (χ3v) is 8.20. The average Bonchev–Trinajstić information content (AvgIpc) is 3.58. The smallest absolute Gasteiger partial charge is 0.330 e. The predicted molar refractivity (Wildman–Crippen MR) is 154 cm³/mol. The van der Waals surface area contributed by atoms with E-state index in [2.05, 4.69) is 101 Å². The van der Waals surface area contributed by atoms with Gasteiger partial charge in [0.15, 0.2) is 0 Å². The molecular formula is C33H27N6+. The van der Waals surface area contributed by atoms with E-state index in [1.165, 1.54) is 12.0 Å². The molecule has 4 aromatic heterocycles. The Balaban J connectivity index is 1.39. The van der Waals surface area contributed by atoms with Crippen LogP contribution in [-0.2, 0) is 5.54 Å². The van der Waals surface area contributed by atoms with Crippen molar-refractivity contribution in [1.82, 2.24) is 19.7 Å². The van der Waals surface area contributed by atoms with E-state index in [4.69, 9.17) is 15.8 Å². The number of aromatic nitrogens is 5. The van der Waals surface area contributed by atoms with E-state index in [0.717, 1.165) is 68.6 Å². The molecule has 6 heteroatoms. The van der Waals surface area contributed by atoms with Crippen LogP contribution in [0.1, 0.15) is 24.8 Å². The molecule has 0 spiro atoms. The number of rotatable bonds is 4. The number of nitrogens with one attached hydrogen (secondary N) is 1. The molecule has 188 valence electrons. The highest BCUT2D eigenvalue weighted by Crippen LogP contribution is 2.39. The number of nitrogens with zero attached hydrogens (tertiary/aromatic N) is 4. The molecular weight excluding hydrogens is 480 g/mol. The van der Waals surface area contributed by atoms with Crippen molar-refractivity contribution in [3.05, 3.63) is 115 Å². The minimum Gasteiger partial charge on any atom is -0.349 e. The maximum absolute atomic E-state index is 6.63. The molecule has 8 rings (SSSR count). The third kappa shape index (κ3) is 3.49. The Kier molecular flexibility index (Phi) is 4.75. The molecule has 0 radical (unpaired) electrons. The van der Waals surface area contributed by atoms with Crippen LogP contribution in [0.2, 0.25) is 0 Å². The molecule has 3 aromatic carbocycles. The van der Waals surface area contributed by atoms with Crippen LogP contribution in [0, 0.1) is 0 Å². The van der Waals surface area contributed by atoms with Crippen molar-refractivity contribution in [1.29, 1.82) is 0 Å². The molecule has 7 aromatic rings. The number of hydrogen-bond donors (Lipinski definition) is 2. The zero-order valence-corrected chi connectivity index (χ0v) is 21.4. The van der Waals surface area contributed by atoms with Gasteiger partial charge in [-0.2, -0.15) is 4.40 Å². The number of aromatic amines is 1. The fourth-order valence-electron chi connectivity index (χ4n) is 5.84. The van der Waals surface area contributed by atoms with Gasteiger partial charge in [0.05, 0.1) is 22.2 Å². The minimum absolute atomic E-state index is 0.198. The Morgan fingerprint density at radius 3 is 2.41 bits per heavy atom. The largest absolute Gasteiger partial charge is 0.349 e. The van der Waals surface area contributed by atoms with E-state index in [9.17, 15) is 0 Å². The van der Waals surface area contributed by atoms with Crippen molar-refractivity contribution in [3.8, 4) is 28.3 Å². The van der Waals surface area contributed by atoms with E-state index < -0.39 is 0 Å². The summed E-state index contributed by atoms with van der Waals surface area (Å²) >= 11 is 0. The van der Waals surface area contributed by atoms with Gasteiger partial charge in [-0.3, -0.25) is 4.98 Å². The molecule has 0 saturated heterocycles. The Hall–Kier alpha value is -4.81. The van der Waals surface area contributed by atoms with Crippen molar-refractivity contribution >= 4 is 27.5 Å². The van der Waals surface area contributed by atoms with E-state index in [1.807, 2.05) is 23.0 Å². The van der Waals surface area contributed by atoms with Gasteiger partial charge in [-0.05, 0) is 66.8 Å². The highest BCUT2D eigenvalue weighted by Gasteiger charge is 2.34. The second kappa shape index (κ2) is 8.35. The van der Waals surface area contributed by atoms with E-state index in [-0.39, 0.29) is 5.54 Å². The van der Waals surface area contributed by atoms with Gasteiger partial charge >= 0.3 is 5.82 Å². The van der Waals surface area contributed by atoms with Gasteiger partial charge in [-0.1, -0.05) is 65.3 Å². The van der Waals surface area contributed by atoms with Gasteiger partial charge in [0.1, 0.15) is 11.4 Å². The van der Waals surface area contributed by atoms with Gasteiger partial charge in [0, 0.05) is 28.2 Å². The van der Waals surface area contributed by atoms with Crippen LogP contribution < -0.4 is 10.1 Å². The Bertz CT molecular complexity index is 1960. The SMILES string of the molecule is NC1(c2ccc(-n3nc(-c4cc5ccccc5[nH]4)[n+]4ccc5ncc(-c6ccccc6)cc5c34)cc2)CCC1. The van der Waals surface area contributed by atoms with Gasteiger partial charge in [0.25, 0.3) is 5.65 Å². The molecule has 3 N–H and O–H groups in total. The van der Waals surface area contributed by atoms with Crippen LogP contribution in [0.25, 0.3) is 55.8 Å². The Labute approximate surface area is 225 Å². The lowest BCUT2D eigenvalue weighted by Gasteiger charge is -2.38. The topological polar surface area (TPSA) is 76.6 Å². The summed E-state index contributed by atoms with van der Waals surface area (Å²) in [6.45, 7) is 0. The van der Waals surface area contributed by atoms with Crippen LogP contribution in [0.4, 0.5) is 0 Å². The molecule has 39 heavy (non-hydrogen) atoms. The van der Waals surface area contributed by atoms with Gasteiger partial charge in [0.2, 0.25) is 0 Å². The molecule has 1 fully saturated rings. The molecule has 1 aliphatic rings. The summed E-state index contributed by atoms with van der Waals surface area (Å²) < 4.78 is 4.20. The zero-order valence-electron chi connectivity index (χ0n) is 21.4. The monoisotopic (exact) mass is 507 g/mol. The number of hydrogen-bond acceptors (Lipinski definition) is 3. The lowest BCUT2D eigenvalue weighted by atomic mass is 9.73. The van der Waals surface area contributed by atoms with E-state index in [0.29, 0.717) is 0 Å². The molecule has 4 heterocycles. The highest BCUT2D eigenvalue weighted by atomic mass is 15.4. The van der Waals surface area contributed by atoms with Crippen molar-refractivity contribution in [2.75, 3.05) is 0 Å². The standard InChI is InChI=1S/C33H27N6/c34-33(16-6-17-33)25-11-13-26(14-12-25)39-32-27-19-24(22-7-2-1-3-8-22)21-35-29(27)15-18-38(32)31(37-39)30-20-23-9-4-5-10-28(23)36-30/h1-5,7-15,18-21,36H,6,16-17,34H2/q+1. The molecule has 1 saturated carbocycles. The molecule has 0 atom stereocenters. The highest BCUT2D eigenvalue weighted by molar-refractivity contribution is 5.93. The fraction of sp³-hybridized carbons (Fsp3) is 0.121. The van der Waals surface area contributed by atoms with Crippen LogP contribution >= 0.6 is 0 Å². The first-order chi connectivity index (χ1) is 19.2. The zero-order chi connectivity index (χ0) is 26.0. The van der Waals surface area contributed by atoms with Crippen LogP contribution in [0.15, 0.2) is 109 Å². The summed E-state index contributed by atoms with van der Waals surface area (Å²) in [6.07, 6.45) is 7.28. The Morgan fingerprint density at radius 1 is 0.846 bits per heavy atom. The maximum Gasteiger partial charge on any atom is 0.330 e. The van der Waals surface area contributed by atoms with Crippen LogP contribution in [0.5, 0.6) is 0 Å². The van der Waals surface area contributed by atoms with Gasteiger partial charge in [-0.15, -0.1) is 0 Å². The normalized spacial score (nSPS) is 14.7. The molecule has 6 nitrogen and oxygen atoms in total. The van der Waals surface area contributed by atoms with Crippen molar-refractivity contribution in [3.63, 3.8) is 0 Å². The lowest BCUT2D eigenvalue weighted by Crippen LogP contribution is -2.43. The van der Waals surface area contributed by atoms with Gasteiger partial charge in [-0.25, -0.2) is 0 Å². The van der Waals surface area contributed by atoms with Crippen molar-refractivity contribution in [2.45, 2.75) is 24.8 Å². The summed E-state index contributed by atoms with van der Waals surface area (Å²) in [6, 6.07) is 33.7.